The molecule has 2 aromatic heterocycles. The van der Waals surface area contributed by atoms with Crippen LogP contribution in [0.2, 0.25) is 0 Å². The zero-order chi connectivity index (χ0) is 12.4. The molecular weight excluding hydrogens is 234 g/mol. The fourth-order valence-electron chi connectivity index (χ4n) is 1.64. The maximum Gasteiger partial charge on any atom is 0.142 e. The Bertz CT molecular complexity index is 575. The van der Waals surface area contributed by atoms with E-state index in [0.29, 0.717) is 12.1 Å². The lowest BCUT2D eigenvalue weighted by Crippen LogP contribution is -2.05. The standard InChI is InChI=1S/C11H13N5S/c1-7-6-17-10(14-7)5-13-11-9(4-12)8(2)15-16(11)3/h6,13H,5H2,1-3H3. The number of hydrogen-bond donors (Lipinski definition) is 1. The summed E-state index contributed by atoms with van der Waals surface area (Å²) in [6, 6.07) is 2.16. The van der Waals surface area contributed by atoms with Crippen LogP contribution in [0.5, 0.6) is 0 Å². The van der Waals surface area contributed by atoms with Gasteiger partial charge in [-0.2, -0.15) is 10.4 Å². The summed E-state index contributed by atoms with van der Waals surface area (Å²) in [4.78, 5) is 4.36. The van der Waals surface area contributed by atoms with Gasteiger partial charge in [-0.25, -0.2) is 4.98 Å². The summed E-state index contributed by atoms with van der Waals surface area (Å²) in [6.45, 7) is 4.42. The van der Waals surface area contributed by atoms with E-state index in [9.17, 15) is 0 Å². The molecule has 6 heteroatoms. The monoisotopic (exact) mass is 247 g/mol. The van der Waals surface area contributed by atoms with Gasteiger partial charge in [0.15, 0.2) is 0 Å². The summed E-state index contributed by atoms with van der Waals surface area (Å²) in [7, 11) is 1.82. The Morgan fingerprint density at radius 1 is 1.53 bits per heavy atom. The van der Waals surface area contributed by atoms with Gasteiger partial charge in [0, 0.05) is 18.1 Å². The van der Waals surface area contributed by atoms with Gasteiger partial charge in [-0.3, -0.25) is 4.68 Å². The predicted octanol–water partition coefficient (Wildman–Crippen LogP) is 1.98. The fourth-order valence-corrected chi connectivity index (χ4v) is 2.35. The Labute approximate surface area is 104 Å². The molecule has 88 valence electrons. The molecule has 0 spiro atoms. The zero-order valence-electron chi connectivity index (χ0n) is 9.98. The molecule has 5 nitrogen and oxygen atoms in total. The van der Waals surface area contributed by atoms with Gasteiger partial charge in [0.1, 0.15) is 22.5 Å². The first-order chi connectivity index (χ1) is 8.11. The van der Waals surface area contributed by atoms with Crippen molar-refractivity contribution in [2.24, 2.45) is 7.05 Å². The summed E-state index contributed by atoms with van der Waals surface area (Å²) < 4.78 is 1.69. The second-order valence-corrected chi connectivity index (χ2v) is 4.72. The van der Waals surface area contributed by atoms with Crippen molar-refractivity contribution in [2.45, 2.75) is 20.4 Å². The molecule has 0 radical (unpaired) electrons. The average Bonchev–Trinajstić information content (AvgIpc) is 2.80. The molecule has 2 aromatic rings. The molecule has 0 amide bonds. The van der Waals surface area contributed by atoms with Gasteiger partial charge in [-0.05, 0) is 13.8 Å². The van der Waals surface area contributed by atoms with Crippen LogP contribution in [-0.2, 0) is 13.6 Å². The molecule has 0 aliphatic rings. The number of nitriles is 1. The van der Waals surface area contributed by atoms with E-state index in [-0.39, 0.29) is 0 Å². The van der Waals surface area contributed by atoms with E-state index in [1.807, 2.05) is 26.3 Å². The van der Waals surface area contributed by atoms with E-state index < -0.39 is 0 Å². The highest BCUT2D eigenvalue weighted by Crippen LogP contribution is 2.19. The molecule has 0 unspecified atom stereocenters. The third kappa shape index (κ3) is 2.29. The van der Waals surface area contributed by atoms with Crippen LogP contribution in [-0.4, -0.2) is 14.8 Å². The van der Waals surface area contributed by atoms with Gasteiger partial charge in [-0.1, -0.05) is 0 Å². The number of rotatable bonds is 3. The summed E-state index contributed by atoms with van der Waals surface area (Å²) in [5, 5.41) is 19.5. The first-order valence-electron chi connectivity index (χ1n) is 5.20. The Kier molecular flexibility index (Phi) is 3.11. The Morgan fingerprint density at radius 3 is 2.88 bits per heavy atom. The summed E-state index contributed by atoms with van der Waals surface area (Å²) in [6.07, 6.45) is 0. The van der Waals surface area contributed by atoms with Crippen LogP contribution in [0.1, 0.15) is 22.0 Å². The van der Waals surface area contributed by atoms with Gasteiger partial charge in [0.25, 0.3) is 0 Å². The van der Waals surface area contributed by atoms with Gasteiger partial charge in [-0.15, -0.1) is 11.3 Å². The van der Waals surface area contributed by atoms with Crippen LogP contribution >= 0.6 is 11.3 Å². The van der Waals surface area contributed by atoms with Crippen LogP contribution in [0.25, 0.3) is 0 Å². The largest absolute Gasteiger partial charge is 0.363 e. The van der Waals surface area contributed by atoms with Crippen LogP contribution in [0.3, 0.4) is 0 Å². The van der Waals surface area contributed by atoms with Gasteiger partial charge in [0.05, 0.1) is 12.2 Å². The van der Waals surface area contributed by atoms with Gasteiger partial charge < -0.3 is 5.32 Å². The predicted molar refractivity (Wildman–Crippen MR) is 66.8 cm³/mol. The maximum absolute atomic E-state index is 9.06. The van der Waals surface area contributed by atoms with Crippen LogP contribution < -0.4 is 5.32 Å². The second-order valence-electron chi connectivity index (χ2n) is 3.78. The lowest BCUT2D eigenvalue weighted by atomic mass is 10.2. The van der Waals surface area contributed by atoms with Crippen molar-refractivity contribution in [1.29, 1.82) is 5.26 Å². The highest BCUT2D eigenvalue weighted by Gasteiger charge is 2.12. The number of nitrogens with one attached hydrogen (secondary N) is 1. The molecule has 17 heavy (non-hydrogen) atoms. The smallest absolute Gasteiger partial charge is 0.142 e. The first kappa shape index (κ1) is 11.6. The van der Waals surface area contributed by atoms with E-state index in [0.717, 1.165) is 22.2 Å². The van der Waals surface area contributed by atoms with Crippen molar-refractivity contribution >= 4 is 17.2 Å². The number of thiazole rings is 1. The fraction of sp³-hybridized carbons (Fsp3) is 0.364. The number of aryl methyl sites for hydroxylation is 3. The molecule has 0 saturated carbocycles. The lowest BCUT2D eigenvalue weighted by molar-refractivity contribution is 0.757. The Hall–Kier alpha value is -1.87. The summed E-state index contributed by atoms with van der Waals surface area (Å²) >= 11 is 1.61. The van der Waals surface area contributed by atoms with Crippen molar-refractivity contribution in [1.82, 2.24) is 14.8 Å². The van der Waals surface area contributed by atoms with Crippen molar-refractivity contribution in [3.8, 4) is 6.07 Å². The third-order valence-corrected chi connectivity index (χ3v) is 3.37. The van der Waals surface area contributed by atoms with E-state index in [2.05, 4.69) is 21.5 Å². The van der Waals surface area contributed by atoms with Crippen molar-refractivity contribution in [2.75, 3.05) is 5.32 Å². The van der Waals surface area contributed by atoms with Gasteiger partial charge >= 0.3 is 0 Å². The SMILES string of the molecule is Cc1csc(CNc2c(C#N)c(C)nn2C)n1. The van der Waals surface area contributed by atoms with Crippen LogP contribution in [0.4, 0.5) is 5.82 Å². The molecule has 0 saturated heterocycles. The molecular formula is C11H13N5S. The number of anilines is 1. The molecule has 1 N–H and O–H groups in total. The van der Waals surface area contributed by atoms with E-state index in [4.69, 9.17) is 5.26 Å². The number of nitrogens with zero attached hydrogens (tertiary/aromatic N) is 4. The Morgan fingerprint density at radius 2 is 2.29 bits per heavy atom. The first-order valence-corrected chi connectivity index (χ1v) is 6.08. The lowest BCUT2D eigenvalue weighted by Gasteiger charge is -2.04. The molecule has 0 aliphatic heterocycles. The summed E-state index contributed by atoms with van der Waals surface area (Å²) in [5.41, 5.74) is 2.36. The normalized spacial score (nSPS) is 10.2. The minimum Gasteiger partial charge on any atom is -0.363 e. The number of aromatic nitrogens is 3. The van der Waals surface area contributed by atoms with Crippen molar-refractivity contribution in [3.05, 3.63) is 27.3 Å². The second kappa shape index (κ2) is 4.55. The molecule has 0 aromatic carbocycles. The maximum atomic E-state index is 9.06. The Balaban J connectivity index is 2.17. The quantitative estimate of drug-likeness (QED) is 0.900. The molecule has 0 aliphatic carbocycles. The minimum absolute atomic E-state index is 0.598. The van der Waals surface area contributed by atoms with E-state index in [1.54, 1.807) is 16.0 Å². The van der Waals surface area contributed by atoms with Crippen LogP contribution in [0.15, 0.2) is 5.38 Å². The van der Waals surface area contributed by atoms with Crippen molar-refractivity contribution < 1.29 is 0 Å². The van der Waals surface area contributed by atoms with Crippen molar-refractivity contribution in [3.63, 3.8) is 0 Å². The molecule has 2 rings (SSSR count). The molecule has 2 heterocycles. The van der Waals surface area contributed by atoms with E-state index >= 15 is 0 Å². The summed E-state index contributed by atoms with van der Waals surface area (Å²) in [5.74, 6) is 0.748. The van der Waals surface area contributed by atoms with Crippen LogP contribution in [0, 0.1) is 25.2 Å². The molecule has 0 fully saturated rings. The molecule has 0 bridgehead atoms. The topological polar surface area (TPSA) is 66.5 Å². The zero-order valence-corrected chi connectivity index (χ0v) is 10.8. The van der Waals surface area contributed by atoms with Gasteiger partial charge in [0.2, 0.25) is 0 Å². The average molecular weight is 247 g/mol. The highest BCUT2D eigenvalue weighted by atomic mass is 32.1. The third-order valence-electron chi connectivity index (χ3n) is 2.41. The molecule has 0 atom stereocenters. The minimum atomic E-state index is 0.598. The highest BCUT2D eigenvalue weighted by molar-refractivity contribution is 7.09. The number of hydrogen-bond acceptors (Lipinski definition) is 5. The van der Waals surface area contributed by atoms with E-state index in [1.165, 1.54) is 0 Å².